The van der Waals surface area contributed by atoms with Crippen molar-refractivity contribution in [3.63, 3.8) is 0 Å². The molecule has 138 valence electrons. The summed E-state index contributed by atoms with van der Waals surface area (Å²) in [6.45, 7) is 0.706. The Morgan fingerprint density at radius 3 is 2.67 bits per heavy atom. The van der Waals surface area contributed by atoms with Gasteiger partial charge < -0.3 is 14.4 Å². The molecule has 1 fully saturated rings. The van der Waals surface area contributed by atoms with Crippen LogP contribution in [0.15, 0.2) is 60.7 Å². The predicted molar refractivity (Wildman–Crippen MR) is 110 cm³/mol. The third kappa shape index (κ3) is 3.23. The highest BCUT2D eigenvalue weighted by Crippen LogP contribution is 2.44. The zero-order valence-electron chi connectivity index (χ0n) is 15.3. The lowest BCUT2D eigenvalue weighted by molar-refractivity contribution is 0.0761. The average Bonchev–Trinajstić information content (AvgIpc) is 3.22. The fraction of sp³-hybridized carbons (Fsp3) is 0.227. The molecule has 0 radical (unpaired) electrons. The van der Waals surface area contributed by atoms with Crippen LogP contribution in [0.2, 0.25) is 0 Å². The summed E-state index contributed by atoms with van der Waals surface area (Å²) in [4.78, 5) is 15.4. The van der Waals surface area contributed by atoms with Crippen LogP contribution in [-0.2, 0) is 0 Å². The first-order valence-corrected chi connectivity index (χ1v) is 9.90. The van der Waals surface area contributed by atoms with Crippen molar-refractivity contribution in [3.8, 4) is 11.5 Å². The van der Waals surface area contributed by atoms with Gasteiger partial charge in [-0.05, 0) is 35.0 Å². The monoisotopic (exact) mass is 379 g/mol. The van der Waals surface area contributed by atoms with Crippen molar-refractivity contribution < 1.29 is 14.3 Å². The van der Waals surface area contributed by atoms with E-state index < -0.39 is 0 Å². The number of methoxy groups -OCH3 is 2. The Hall–Kier alpha value is -2.66. The maximum atomic E-state index is 13.4. The Balaban J connectivity index is 1.74. The van der Waals surface area contributed by atoms with E-state index >= 15 is 0 Å². The van der Waals surface area contributed by atoms with Gasteiger partial charge in [-0.3, -0.25) is 4.79 Å². The molecular weight excluding hydrogens is 358 g/mol. The van der Waals surface area contributed by atoms with Crippen molar-refractivity contribution in [1.82, 2.24) is 4.90 Å². The molecule has 0 bridgehead atoms. The summed E-state index contributed by atoms with van der Waals surface area (Å²) in [5.41, 5.74) is 1.70. The van der Waals surface area contributed by atoms with Crippen LogP contribution >= 0.6 is 11.8 Å². The topological polar surface area (TPSA) is 38.8 Å². The number of thioether (sulfide) groups is 1. The van der Waals surface area contributed by atoms with Gasteiger partial charge >= 0.3 is 0 Å². The number of nitrogens with zero attached hydrogens (tertiary/aromatic N) is 1. The Kier molecular flexibility index (Phi) is 4.94. The molecule has 1 aliphatic rings. The number of carbonyl (C=O) groups excluding carboxylic acids is 1. The molecule has 3 aromatic rings. The zero-order valence-corrected chi connectivity index (χ0v) is 16.2. The highest BCUT2D eigenvalue weighted by molar-refractivity contribution is 7.99. The molecule has 1 saturated heterocycles. The normalized spacial score (nSPS) is 16.5. The van der Waals surface area contributed by atoms with E-state index in [1.807, 2.05) is 65.6 Å². The smallest absolute Gasteiger partial charge is 0.255 e. The summed E-state index contributed by atoms with van der Waals surface area (Å²) < 4.78 is 10.9. The van der Waals surface area contributed by atoms with Gasteiger partial charge in [0.25, 0.3) is 5.91 Å². The molecule has 1 unspecified atom stereocenters. The van der Waals surface area contributed by atoms with Crippen LogP contribution in [0.4, 0.5) is 0 Å². The van der Waals surface area contributed by atoms with E-state index in [4.69, 9.17) is 9.47 Å². The molecule has 1 amide bonds. The van der Waals surface area contributed by atoms with E-state index in [2.05, 4.69) is 0 Å². The minimum atomic E-state index is -0.0958. The molecule has 5 heteroatoms. The molecule has 0 N–H and O–H groups in total. The molecule has 0 aromatic heterocycles. The van der Waals surface area contributed by atoms with Gasteiger partial charge in [0.2, 0.25) is 0 Å². The van der Waals surface area contributed by atoms with Gasteiger partial charge in [0.1, 0.15) is 16.9 Å². The number of rotatable bonds is 4. The molecule has 4 rings (SSSR count). The van der Waals surface area contributed by atoms with Crippen LogP contribution < -0.4 is 9.47 Å². The molecular formula is C22H21NO3S. The molecule has 0 spiro atoms. The Labute approximate surface area is 163 Å². The zero-order chi connectivity index (χ0) is 18.8. The van der Waals surface area contributed by atoms with E-state index in [0.29, 0.717) is 6.54 Å². The standard InChI is InChI=1S/C22H21NO3S/c1-25-16-10-11-20(26-2)19(14-16)22-23(12-13-27-22)21(24)18-9-5-7-15-6-3-4-8-17(15)18/h3-11,14,22H,12-13H2,1-2H3. The van der Waals surface area contributed by atoms with Crippen LogP contribution in [0.5, 0.6) is 11.5 Å². The molecule has 1 aliphatic heterocycles. The van der Waals surface area contributed by atoms with Gasteiger partial charge in [0.05, 0.1) is 14.2 Å². The van der Waals surface area contributed by atoms with E-state index in [1.54, 1.807) is 26.0 Å². The van der Waals surface area contributed by atoms with Crippen molar-refractivity contribution in [2.45, 2.75) is 5.37 Å². The minimum absolute atomic E-state index is 0.0478. The van der Waals surface area contributed by atoms with E-state index in [0.717, 1.165) is 39.2 Å². The first-order chi connectivity index (χ1) is 13.2. The van der Waals surface area contributed by atoms with Crippen molar-refractivity contribution in [2.24, 2.45) is 0 Å². The number of carbonyl (C=O) groups is 1. The Morgan fingerprint density at radius 1 is 1.04 bits per heavy atom. The lowest BCUT2D eigenvalue weighted by Gasteiger charge is -2.26. The van der Waals surface area contributed by atoms with Crippen molar-refractivity contribution >= 4 is 28.4 Å². The van der Waals surface area contributed by atoms with Crippen LogP contribution in [0.25, 0.3) is 10.8 Å². The average molecular weight is 379 g/mol. The number of ether oxygens (including phenoxy) is 2. The van der Waals surface area contributed by atoms with E-state index in [9.17, 15) is 4.79 Å². The lowest BCUT2D eigenvalue weighted by atomic mass is 10.0. The van der Waals surface area contributed by atoms with Crippen molar-refractivity contribution in [2.75, 3.05) is 26.5 Å². The van der Waals surface area contributed by atoms with Crippen LogP contribution in [0.1, 0.15) is 21.3 Å². The lowest BCUT2D eigenvalue weighted by Crippen LogP contribution is -2.30. The maximum Gasteiger partial charge on any atom is 0.255 e. The minimum Gasteiger partial charge on any atom is -0.497 e. The predicted octanol–water partition coefficient (Wildman–Crippen LogP) is 4.74. The summed E-state index contributed by atoms with van der Waals surface area (Å²) in [5.74, 6) is 2.47. The second-order valence-electron chi connectivity index (χ2n) is 6.36. The van der Waals surface area contributed by atoms with E-state index in [-0.39, 0.29) is 11.3 Å². The molecule has 0 saturated carbocycles. The van der Waals surface area contributed by atoms with Gasteiger partial charge in [0.15, 0.2) is 0 Å². The molecule has 4 nitrogen and oxygen atoms in total. The molecule has 0 aliphatic carbocycles. The number of amides is 1. The number of hydrogen-bond acceptors (Lipinski definition) is 4. The second kappa shape index (κ2) is 7.53. The van der Waals surface area contributed by atoms with Crippen LogP contribution in [0.3, 0.4) is 0 Å². The van der Waals surface area contributed by atoms with Gasteiger partial charge in [-0.25, -0.2) is 0 Å². The number of benzene rings is 3. The Bertz CT molecular complexity index is 983. The van der Waals surface area contributed by atoms with Crippen LogP contribution in [-0.4, -0.2) is 37.3 Å². The van der Waals surface area contributed by atoms with Gasteiger partial charge in [-0.2, -0.15) is 0 Å². The fourth-order valence-electron chi connectivity index (χ4n) is 3.53. The quantitative estimate of drug-likeness (QED) is 0.656. The summed E-state index contributed by atoms with van der Waals surface area (Å²) >= 11 is 1.75. The van der Waals surface area contributed by atoms with Gasteiger partial charge in [-0.1, -0.05) is 36.4 Å². The summed E-state index contributed by atoms with van der Waals surface area (Å²) in [6.07, 6.45) is 0. The Morgan fingerprint density at radius 2 is 1.85 bits per heavy atom. The molecule has 1 heterocycles. The molecule has 3 aromatic carbocycles. The fourth-order valence-corrected chi connectivity index (χ4v) is 4.80. The number of fused-ring (bicyclic) bond motifs is 1. The SMILES string of the molecule is COc1ccc(OC)c(C2SCCN2C(=O)c2cccc3ccccc23)c1. The third-order valence-electron chi connectivity index (χ3n) is 4.87. The molecule has 1 atom stereocenters. The van der Waals surface area contributed by atoms with Crippen molar-refractivity contribution in [3.05, 3.63) is 71.8 Å². The maximum absolute atomic E-state index is 13.4. The highest BCUT2D eigenvalue weighted by Gasteiger charge is 2.34. The van der Waals surface area contributed by atoms with Gasteiger partial charge in [0, 0.05) is 23.4 Å². The van der Waals surface area contributed by atoms with Crippen LogP contribution in [0, 0.1) is 0 Å². The third-order valence-corrected chi connectivity index (χ3v) is 6.12. The van der Waals surface area contributed by atoms with E-state index in [1.165, 1.54) is 0 Å². The number of hydrogen-bond donors (Lipinski definition) is 0. The summed E-state index contributed by atoms with van der Waals surface area (Å²) in [6, 6.07) is 19.6. The molecule has 27 heavy (non-hydrogen) atoms. The summed E-state index contributed by atoms with van der Waals surface area (Å²) in [5, 5.41) is 1.96. The summed E-state index contributed by atoms with van der Waals surface area (Å²) in [7, 11) is 3.30. The van der Waals surface area contributed by atoms with Gasteiger partial charge in [-0.15, -0.1) is 11.8 Å². The first-order valence-electron chi connectivity index (χ1n) is 8.85. The van der Waals surface area contributed by atoms with Crippen molar-refractivity contribution in [1.29, 1.82) is 0 Å². The first kappa shape index (κ1) is 17.7. The second-order valence-corrected chi connectivity index (χ2v) is 7.54. The highest BCUT2D eigenvalue weighted by atomic mass is 32.2. The largest absolute Gasteiger partial charge is 0.497 e.